The number of hydrogen-bond acceptors (Lipinski definition) is 3. The molecule has 0 aliphatic heterocycles. The number of unbranched alkanes of at least 4 members (excludes halogenated alkanes) is 2. The number of rotatable bonds is 5. The van der Waals surface area contributed by atoms with E-state index in [1.807, 2.05) is 6.07 Å². The standard InChI is InChI=1S/C17H19NO3/c1-2-3-4-5-6-13-9-12-7-8-16(19)14(12)10-15(13)18-11-17(20)21/h9-10,18H,2-4,7-8,11H2,1H3,(H,20,21). The fourth-order valence-electron chi connectivity index (χ4n) is 2.34. The number of hydrogen-bond donors (Lipinski definition) is 2. The van der Waals surface area contributed by atoms with Gasteiger partial charge in [-0.05, 0) is 30.5 Å². The van der Waals surface area contributed by atoms with Crippen LogP contribution < -0.4 is 5.32 Å². The Morgan fingerprint density at radius 1 is 1.38 bits per heavy atom. The topological polar surface area (TPSA) is 66.4 Å². The zero-order valence-corrected chi connectivity index (χ0v) is 12.2. The number of carboxylic acids is 1. The molecule has 0 bridgehead atoms. The SMILES string of the molecule is CCCCC#Cc1cc2c(cc1NCC(=O)O)C(=O)CC2. The highest BCUT2D eigenvalue weighted by atomic mass is 16.4. The van der Waals surface area contributed by atoms with Crippen molar-refractivity contribution < 1.29 is 14.7 Å². The molecule has 0 aromatic heterocycles. The molecule has 110 valence electrons. The lowest BCUT2D eigenvalue weighted by Crippen LogP contribution is -2.13. The van der Waals surface area contributed by atoms with Crippen molar-refractivity contribution >= 4 is 17.4 Å². The summed E-state index contributed by atoms with van der Waals surface area (Å²) >= 11 is 0. The zero-order chi connectivity index (χ0) is 15.2. The van der Waals surface area contributed by atoms with Crippen molar-refractivity contribution in [3.05, 3.63) is 28.8 Å². The van der Waals surface area contributed by atoms with E-state index in [2.05, 4.69) is 24.1 Å². The summed E-state index contributed by atoms with van der Waals surface area (Å²) in [5.41, 5.74) is 3.12. The molecule has 0 saturated heterocycles. The molecule has 1 aliphatic carbocycles. The Balaban J connectivity index is 2.29. The summed E-state index contributed by atoms with van der Waals surface area (Å²) in [5, 5.41) is 11.6. The molecule has 1 aromatic carbocycles. The molecular formula is C17H19NO3. The van der Waals surface area contributed by atoms with Gasteiger partial charge in [-0.1, -0.05) is 25.2 Å². The first-order valence-corrected chi connectivity index (χ1v) is 7.26. The molecule has 0 amide bonds. The molecular weight excluding hydrogens is 266 g/mol. The first-order chi connectivity index (χ1) is 10.1. The normalized spacial score (nSPS) is 12.5. The van der Waals surface area contributed by atoms with Crippen molar-refractivity contribution in [2.75, 3.05) is 11.9 Å². The quantitative estimate of drug-likeness (QED) is 0.645. The number of anilines is 1. The van der Waals surface area contributed by atoms with E-state index in [0.29, 0.717) is 17.7 Å². The molecule has 21 heavy (non-hydrogen) atoms. The molecule has 0 atom stereocenters. The number of aryl methyl sites for hydroxylation is 1. The van der Waals surface area contributed by atoms with E-state index in [1.165, 1.54) is 0 Å². The van der Waals surface area contributed by atoms with E-state index in [-0.39, 0.29) is 12.3 Å². The van der Waals surface area contributed by atoms with Crippen molar-refractivity contribution in [2.45, 2.75) is 39.0 Å². The van der Waals surface area contributed by atoms with E-state index in [0.717, 1.165) is 36.8 Å². The number of nitrogens with one attached hydrogen (secondary N) is 1. The van der Waals surface area contributed by atoms with E-state index < -0.39 is 5.97 Å². The Labute approximate surface area is 124 Å². The summed E-state index contributed by atoms with van der Waals surface area (Å²) in [4.78, 5) is 22.5. The Hall–Kier alpha value is -2.28. The van der Waals surface area contributed by atoms with Gasteiger partial charge < -0.3 is 10.4 Å². The largest absolute Gasteiger partial charge is 0.480 e. The van der Waals surface area contributed by atoms with Gasteiger partial charge in [-0.2, -0.15) is 0 Å². The molecule has 0 radical (unpaired) electrons. The number of carbonyl (C=O) groups is 2. The molecule has 0 saturated carbocycles. The van der Waals surface area contributed by atoms with Crippen LogP contribution in [0.25, 0.3) is 0 Å². The summed E-state index contributed by atoms with van der Waals surface area (Å²) in [5.74, 6) is 5.39. The van der Waals surface area contributed by atoms with Gasteiger partial charge in [0, 0.05) is 24.0 Å². The summed E-state index contributed by atoms with van der Waals surface area (Å²) in [7, 11) is 0. The number of carboxylic acid groups (broad SMARTS) is 1. The molecule has 0 fully saturated rings. The van der Waals surface area contributed by atoms with Crippen LogP contribution >= 0.6 is 0 Å². The van der Waals surface area contributed by atoms with Crippen molar-refractivity contribution in [3.8, 4) is 11.8 Å². The molecule has 0 heterocycles. The van der Waals surface area contributed by atoms with Crippen LogP contribution in [0.2, 0.25) is 0 Å². The number of aliphatic carboxylic acids is 1. The van der Waals surface area contributed by atoms with Gasteiger partial charge in [-0.15, -0.1) is 0 Å². The van der Waals surface area contributed by atoms with Crippen molar-refractivity contribution in [1.82, 2.24) is 0 Å². The van der Waals surface area contributed by atoms with Crippen molar-refractivity contribution in [3.63, 3.8) is 0 Å². The summed E-state index contributed by atoms with van der Waals surface area (Å²) in [6.07, 6.45) is 4.24. The average Bonchev–Trinajstić information content (AvgIpc) is 2.81. The third-order valence-electron chi connectivity index (χ3n) is 3.47. The lowest BCUT2D eigenvalue weighted by molar-refractivity contribution is -0.134. The maximum Gasteiger partial charge on any atom is 0.322 e. The molecule has 0 unspecified atom stereocenters. The lowest BCUT2D eigenvalue weighted by Gasteiger charge is -2.09. The third kappa shape index (κ3) is 3.85. The minimum atomic E-state index is -0.938. The summed E-state index contributed by atoms with van der Waals surface area (Å²) in [6, 6.07) is 3.67. The van der Waals surface area contributed by atoms with Crippen molar-refractivity contribution in [2.24, 2.45) is 0 Å². The molecule has 2 rings (SSSR count). The second kappa shape index (κ2) is 6.94. The predicted molar refractivity (Wildman–Crippen MR) is 81.6 cm³/mol. The van der Waals surface area contributed by atoms with E-state index >= 15 is 0 Å². The Morgan fingerprint density at radius 3 is 2.90 bits per heavy atom. The average molecular weight is 285 g/mol. The van der Waals surface area contributed by atoms with Crippen LogP contribution in [0.5, 0.6) is 0 Å². The van der Waals surface area contributed by atoms with Crippen LogP contribution in [0, 0.1) is 11.8 Å². The highest BCUT2D eigenvalue weighted by Crippen LogP contribution is 2.28. The molecule has 4 nitrogen and oxygen atoms in total. The second-order valence-corrected chi connectivity index (χ2v) is 5.13. The Kier molecular flexibility index (Phi) is 4.99. The number of Topliss-reactive ketones (excluding diaryl/α,β-unsaturated/α-hetero) is 1. The maximum atomic E-state index is 11.8. The van der Waals surface area contributed by atoms with Gasteiger partial charge in [0.2, 0.25) is 0 Å². The number of fused-ring (bicyclic) bond motifs is 1. The molecule has 2 N–H and O–H groups in total. The lowest BCUT2D eigenvalue weighted by atomic mass is 10.0. The van der Waals surface area contributed by atoms with Gasteiger partial charge in [0.1, 0.15) is 6.54 Å². The van der Waals surface area contributed by atoms with Gasteiger partial charge in [0.05, 0.1) is 5.69 Å². The monoisotopic (exact) mass is 285 g/mol. The number of ketones is 1. The van der Waals surface area contributed by atoms with E-state index in [9.17, 15) is 9.59 Å². The third-order valence-corrected chi connectivity index (χ3v) is 3.47. The van der Waals surface area contributed by atoms with Crippen molar-refractivity contribution in [1.29, 1.82) is 0 Å². The summed E-state index contributed by atoms with van der Waals surface area (Å²) < 4.78 is 0. The first kappa shape index (κ1) is 15.1. The smallest absolute Gasteiger partial charge is 0.322 e. The van der Waals surface area contributed by atoms with Crippen LogP contribution in [0.3, 0.4) is 0 Å². The zero-order valence-electron chi connectivity index (χ0n) is 12.2. The van der Waals surface area contributed by atoms with Gasteiger partial charge in [0.25, 0.3) is 0 Å². The number of carbonyl (C=O) groups excluding carboxylic acids is 1. The van der Waals surface area contributed by atoms with Gasteiger partial charge in [0.15, 0.2) is 5.78 Å². The second-order valence-electron chi connectivity index (χ2n) is 5.13. The van der Waals surface area contributed by atoms with Gasteiger partial charge in [-0.25, -0.2) is 0 Å². The van der Waals surface area contributed by atoms with E-state index in [1.54, 1.807) is 6.07 Å². The highest BCUT2D eigenvalue weighted by Gasteiger charge is 2.21. The van der Waals surface area contributed by atoms with Crippen LogP contribution in [0.1, 0.15) is 54.1 Å². The number of benzene rings is 1. The molecule has 1 aliphatic rings. The Bertz CT molecular complexity index is 623. The maximum absolute atomic E-state index is 11.8. The van der Waals surface area contributed by atoms with Crippen LogP contribution in [-0.2, 0) is 11.2 Å². The fraction of sp³-hybridized carbons (Fsp3) is 0.412. The molecule has 0 spiro atoms. The van der Waals surface area contributed by atoms with Crippen LogP contribution in [-0.4, -0.2) is 23.4 Å². The van der Waals surface area contributed by atoms with Crippen LogP contribution in [0.15, 0.2) is 12.1 Å². The summed E-state index contributed by atoms with van der Waals surface area (Å²) in [6.45, 7) is 1.93. The fourth-order valence-corrected chi connectivity index (χ4v) is 2.34. The minimum Gasteiger partial charge on any atom is -0.480 e. The van der Waals surface area contributed by atoms with Gasteiger partial charge in [-0.3, -0.25) is 9.59 Å². The predicted octanol–water partition coefficient (Wildman–Crippen LogP) is 2.85. The van der Waals surface area contributed by atoms with E-state index in [4.69, 9.17) is 5.11 Å². The minimum absolute atomic E-state index is 0.119. The van der Waals surface area contributed by atoms with Gasteiger partial charge >= 0.3 is 5.97 Å². The molecule has 4 heteroatoms. The van der Waals surface area contributed by atoms with Crippen LogP contribution in [0.4, 0.5) is 5.69 Å². The highest BCUT2D eigenvalue weighted by molar-refractivity contribution is 6.01. The Morgan fingerprint density at radius 2 is 2.19 bits per heavy atom. The first-order valence-electron chi connectivity index (χ1n) is 7.26. The molecule has 1 aromatic rings.